The first-order valence-corrected chi connectivity index (χ1v) is 11.8. The Labute approximate surface area is 169 Å². The van der Waals surface area contributed by atoms with Gasteiger partial charge in [-0.2, -0.15) is 5.10 Å². The first-order valence-electron chi connectivity index (χ1n) is 9.14. The van der Waals surface area contributed by atoms with E-state index in [4.69, 9.17) is 0 Å². The van der Waals surface area contributed by atoms with Crippen LogP contribution in [0.2, 0.25) is 0 Å². The van der Waals surface area contributed by atoms with Crippen LogP contribution in [0.4, 0.5) is 0 Å². The van der Waals surface area contributed by atoms with Gasteiger partial charge in [-0.05, 0) is 43.5 Å². The summed E-state index contributed by atoms with van der Waals surface area (Å²) in [6.45, 7) is 8.93. The Hall–Kier alpha value is -2.19. The third-order valence-electron chi connectivity index (χ3n) is 4.53. The lowest BCUT2D eigenvalue weighted by atomic mass is 10.1. The smallest absolute Gasteiger partial charge is 0.261 e. The Morgan fingerprint density at radius 3 is 2.43 bits per heavy atom. The van der Waals surface area contributed by atoms with E-state index in [9.17, 15) is 13.2 Å². The minimum absolute atomic E-state index is 0.142. The molecule has 150 valence electrons. The van der Waals surface area contributed by atoms with Crippen LogP contribution in [0.1, 0.15) is 47.7 Å². The van der Waals surface area contributed by atoms with Crippen molar-refractivity contribution >= 4 is 37.3 Å². The van der Waals surface area contributed by atoms with Gasteiger partial charge in [0.1, 0.15) is 4.83 Å². The summed E-state index contributed by atoms with van der Waals surface area (Å²) in [5.41, 5.74) is 1.78. The molecular formula is C20H25N3O3S2. The topological polar surface area (TPSA) is 81.1 Å². The van der Waals surface area contributed by atoms with Gasteiger partial charge in [-0.1, -0.05) is 26.0 Å². The van der Waals surface area contributed by atoms with Crippen LogP contribution in [0.25, 0.3) is 10.2 Å². The van der Waals surface area contributed by atoms with Crippen LogP contribution in [-0.2, 0) is 16.4 Å². The Morgan fingerprint density at radius 1 is 1.21 bits per heavy atom. The lowest BCUT2D eigenvalue weighted by Gasteiger charge is -2.14. The van der Waals surface area contributed by atoms with Gasteiger partial charge in [-0.3, -0.25) is 9.48 Å². The average molecular weight is 420 g/mol. The number of thiophene rings is 1. The molecule has 0 radical (unpaired) electrons. The van der Waals surface area contributed by atoms with Gasteiger partial charge in [-0.25, -0.2) is 8.42 Å². The highest BCUT2D eigenvalue weighted by atomic mass is 32.2. The third-order valence-corrected chi connectivity index (χ3v) is 6.80. The summed E-state index contributed by atoms with van der Waals surface area (Å²) in [5, 5.41) is 8.58. The predicted molar refractivity (Wildman–Crippen MR) is 113 cm³/mol. The van der Waals surface area contributed by atoms with Crippen molar-refractivity contribution in [3.63, 3.8) is 0 Å². The molecule has 0 aliphatic heterocycles. The molecule has 0 bridgehead atoms. The van der Waals surface area contributed by atoms with E-state index in [2.05, 4.69) is 24.3 Å². The number of benzene rings is 1. The molecule has 0 saturated carbocycles. The Balaban J connectivity index is 1.79. The SMILES string of the molecule is Cc1nn(CC(C)C)c2sc(C(=O)N[C@H](C)c3ccc(S(C)(=O)=O)cc3)cc12. The second-order valence-corrected chi connectivity index (χ2v) is 10.6. The number of rotatable bonds is 6. The van der Waals surface area contributed by atoms with Crippen LogP contribution in [0.15, 0.2) is 35.2 Å². The van der Waals surface area contributed by atoms with E-state index in [0.29, 0.717) is 10.8 Å². The lowest BCUT2D eigenvalue weighted by Crippen LogP contribution is -2.25. The number of aryl methyl sites for hydroxylation is 1. The summed E-state index contributed by atoms with van der Waals surface area (Å²) in [5.74, 6) is 0.327. The van der Waals surface area contributed by atoms with Crippen LogP contribution in [-0.4, -0.2) is 30.4 Å². The quantitative estimate of drug-likeness (QED) is 0.656. The summed E-state index contributed by atoms with van der Waals surface area (Å²) in [7, 11) is -3.23. The number of hydrogen-bond donors (Lipinski definition) is 1. The van der Waals surface area contributed by atoms with Crippen LogP contribution in [0.5, 0.6) is 0 Å². The lowest BCUT2D eigenvalue weighted by molar-refractivity contribution is 0.0944. The van der Waals surface area contributed by atoms with Gasteiger partial charge in [0.25, 0.3) is 5.91 Å². The number of carbonyl (C=O) groups is 1. The molecule has 1 N–H and O–H groups in total. The zero-order valence-corrected chi connectivity index (χ0v) is 18.3. The highest BCUT2D eigenvalue weighted by Gasteiger charge is 2.19. The Kier molecular flexibility index (Phi) is 5.63. The van der Waals surface area contributed by atoms with Gasteiger partial charge in [0.05, 0.1) is 21.5 Å². The highest BCUT2D eigenvalue weighted by Crippen LogP contribution is 2.29. The van der Waals surface area contributed by atoms with Gasteiger partial charge in [-0.15, -0.1) is 11.3 Å². The van der Waals surface area contributed by atoms with E-state index in [1.54, 1.807) is 24.3 Å². The van der Waals surface area contributed by atoms with Crippen LogP contribution >= 0.6 is 11.3 Å². The molecule has 8 heteroatoms. The zero-order valence-electron chi connectivity index (χ0n) is 16.7. The van der Waals surface area contributed by atoms with Crippen LogP contribution in [0.3, 0.4) is 0 Å². The molecule has 0 unspecified atom stereocenters. The molecule has 0 saturated heterocycles. The van der Waals surface area contributed by atoms with Crippen molar-refractivity contribution in [3.05, 3.63) is 46.5 Å². The fourth-order valence-electron chi connectivity index (χ4n) is 3.05. The Bertz CT molecular complexity index is 1110. The highest BCUT2D eigenvalue weighted by molar-refractivity contribution is 7.90. The van der Waals surface area contributed by atoms with E-state index in [0.717, 1.165) is 28.0 Å². The molecule has 1 aromatic carbocycles. The number of fused-ring (bicyclic) bond motifs is 1. The zero-order chi connectivity index (χ0) is 20.6. The van der Waals surface area contributed by atoms with Gasteiger partial charge >= 0.3 is 0 Å². The van der Waals surface area contributed by atoms with Crippen molar-refractivity contribution < 1.29 is 13.2 Å². The summed E-state index contributed by atoms with van der Waals surface area (Å²) < 4.78 is 25.1. The van der Waals surface area contributed by atoms with Crippen molar-refractivity contribution in [2.24, 2.45) is 5.92 Å². The molecule has 0 spiro atoms. The molecule has 3 aromatic rings. The first kappa shape index (κ1) is 20.5. The van der Waals surface area contributed by atoms with Crippen molar-refractivity contribution in [3.8, 4) is 0 Å². The minimum Gasteiger partial charge on any atom is -0.345 e. The van der Waals surface area contributed by atoms with Gasteiger partial charge in [0.2, 0.25) is 0 Å². The maximum atomic E-state index is 12.7. The summed E-state index contributed by atoms with van der Waals surface area (Å²) >= 11 is 1.45. The summed E-state index contributed by atoms with van der Waals surface area (Å²) in [4.78, 5) is 14.7. The molecule has 28 heavy (non-hydrogen) atoms. The maximum Gasteiger partial charge on any atom is 0.261 e. The van der Waals surface area contributed by atoms with E-state index >= 15 is 0 Å². The number of nitrogens with one attached hydrogen (secondary N) is 1. The molecule has 6 nitrogen and oxygen atoms in total. The van der Waals surface area contributed by atoms with Gasteiger partial charge in [0, 0.05) is 18.2 Å². The summed E-state index contributed by atoms with van der Waals surface area (Å²) in [6.07, 6.45) is 1.18. The average Bonchev–Trinajstić information content (AvgIpc) is 3.15. The third kappa shape index (κ3) is 4.28. The van der Waals surface area contributed by atoms with E-state index in [1.165, 1.54) is 17.6 Å². The molecule has 2 aromatic heterocycles. The van der Waals surface area contributed by atoms with E-state index < -0.39 is 9.84 Å². The standard InChI is InChI=1S/C20H25N3O3S2/c1-12(2)11-23-20-17(14(4)22-23)10-18(27-20)19(24)21-13(3)15-6-8-16(9-7-15)28(5,25)26/h6-10,12-13H,11H2,1-5H3,(H,21,24)/t13-/m1/s1. The molecule has 0 aliphatic rings. The monoisotopic (exact) mass is 419 g/mol. The molecular weight excluding hydrogens is 394 g/mol. The Morgan fingerprint density at radius 2 is 1.86 bits per heavy atom. The molecule has 1 atom stereocenters. The maximum absolute atomic E-state index is 12.7. The minimum atomic E-state index is -3.23. The van der Waals surface area contributed by atoms with Crippen molar-refractivity contribution in [1.82, 2.24) is 15.1 Å². The fraction of sp³-hybridized carbons (Fsp3) is 0.400. The fourth-order valence-corrected chi connectivity index (χ4v) is 4.75. The first-order chi connectivity index (χ1) is 13.1. The second kappa shape index (κ2) is 7.67. The largest absolute Gasteiger partial charge is 0.345 e. The predicted octanol–water partition coefficient (Wildman–Crippen LogP) is 3.96. The molecule has 1 amide bonds. The molecule has 0 aliphatic carbocycles. The number of amides is 1. The number of aromatic nitrogens is 2. The van der Waals surface area contributed by atoms with Crippen molar-refractivity contribution in [2.75, 3.05) is 6.26 Å². The molecule has 2 heterocycles. The van der Waals surface area contributed by atoms with Crippen molar-refractivity contribution in [2.45, 2.75) is 45.2 Å². The summed E-state index contributed by atoms with van der Waals surface area (Å²) in [6, 6.07) is 8.26. The van der Waals surface area contributed by atoms with E-state index in [1.807, 2.05) is 24.6 Å². The normalized spacial score (nSPS) is 13.2. The number of nitrogens with zero attached hydrogens (tertiary/aromatic N) is 2. The van der Waals surface area contributed by atoms with Gasteiger partial charge in [0.15, 0.2) is 9.84 Å². The van der Waals surface area contributed by atoms with Crippen LogP contribution < -0.4 is 5.32 Å². The van der Waals surface area contributed by atoms with Crippen molar-refractivity contribution in [1.29, 1.82) is 0 Å². The van der Waals surface area contributed by atoms with Crippen LogP contribution in [0, 0.1) is 12.8 Å². The van der Waals surface area contributed by atoms with E-state index in [-0.39, 0.29) is 16.8 Å². The molecule has 0 fully saturated rings. The second-order valence-electron chi connectivity index (χ2n) is 7.53. The number of sulfone groups is 1. The van der Waals surface area contributed by atoms with Gasteiger partial charge < -0.3 is 5.32 Å². The number of carbonyl (C=O) groups excluding carboxylic acids is 1. The molecule has 3 rings (SSSR count). The number of hydrogen-bond acceptors (Lipinski definition) is 5.